The lowest BCUT2D eigenvalue weighted by Gasteiger charge is -2.58. The Bertz CT molecular complexity index is 523. The minimum absolute atomic E-state index is 0.0948. The Morgan fingerprint density at radius 2 is 1.90 bits per heavy atom. The summed E-state index contributed by atoms with van der Waals surface area (Å²) in [6.07, 6.45) is 10.1. The van der Waals surface area contributed by atoms with Gasteiger partial charge in [0.2, 0.25) is 0 Å². The van der Waals surface area contributed by atoms with Crippen molar-refractivity contribution in [2.75, 3.05) is 0 Å². The van der Waals surface area contributed by atoms with Gasteiger partial charge in [0, 0.05) is 5.92 Å². The van der Waals surface area contributed by atoms with Crippen LogP contribution in [0, 0.1) is 28.1 Å². The summed E-state index contributed by atoms with van der Waals surface area (Å²) in [6, 6.07) is 0. The Balaban J connectivity index is 2.02. The molecule has 2 saturated carbocycles. The van der Waals surface area contributed by atoms with Crippen molar-refractivity contribution in [3.63, 3.8) is 0 Å². The van der Waals surface area contributed by atoms with Crippen LogP contribution < -0.4 is 0 Å². The maximum absolute atomic E-state index is 12.1. The lowest BCUT2D eigenvalue weighted by molar-refractivity contribution is -0.152. The van der Waals surface area contributed by atoms with E-state index in [1.807, 2.05) is 0 Å². The summed E-state index contributed by atoms with van der Waals surface area (Å²) in [6.45, 7) is 6.02. The summed E-state index contributed by atoms with van der Waals surface area (Å²) in [5.41, 5.74) is 0.0404. The first-order valence-electron chi connectivity index (χ1n) is 8.14. The molecule has 1 spiro atoms. The zero-order chi connectivity index (χ0) is 15.5. The number of carboxylic acids is 1. The molecule has 3 heteroatoms. The third kappa shape index (κ3) is 2.08. The number of ketones is 1. The number of carboxylic acid groups (broad SMARTS) is 1. The fourth-order valence-electron chi connectivity index (χ4n) is 5.97. The van der Waals surface area contributed by atoms with Crippen molar-refractivity contribution >= 4 is 11.8 Å². The monoisotopic (exact) mass is 290 g/mol. The molecule has 0 aliphatic heterocycles. The van der Waals surface area contributed by atoms with Gasteiger partial charge in [-0.15, -0.1) is 0 Å². The predicted molar refractivity (Wildman–Crippen MR) is 80.8 cm³/mol. The summed E-state index contributed by atoms with van der Waals surface area (Å²) in [7, 11) is 0. The number of carbonyl (C=O) groups is 2. The predicted octanol–water partition coefficient (Wildman–Crippen LogP) is 3.83. The zero-order valence-electron chi connectivity index (χ0n) is 13.3. The normalized spacial score (nSPS) is 48.0. The molecule has 3 aliphatic carbocycles. The van der Waals surface area contributed by atoms with Crippen molar-refractivity contribution in [1.82, 2.24) is 0 Å². The molecular weight excluding hydrogens is 264 g/mol. The first-order valence-corrected chi connectivity index (χ1v) is 8.14. The maximum Gasteiger partial charge on any atom is 0.303 e. The van der Waals surface area contributed by atoms with Crippen LogP contribution in [0.3, 0.4) is 0 Å². The molecular formula is C18H26O3. The van der Waals surface area contributed by atoms with Gasteiger partial charge in [0.05, 0.1) is 6.42 Å². The van der Waals surface area contributed by atoms with Gasteiger partial charge in [-0.2, -0.15) is 0 Å². The number of aliphatic carboxylic acids is 1. The van der Waals surface area contributed by atoms with Crippen LogP contribution in [0.4, 0.5) is 0 Å². The fourth-order valence-corrected chi connectivity index (χ4v) is 5.97. The molecule has 0 amide bonds. The van der Waals surface area contributed by atoms with Crippen molar-refractivity contribution < 1.29 is 14.7 Å². The Hall–Kier alpha value is -1.12. The van der Waals surface area contributed by atoms with Crippen LogP contribution in [0.2, 0.25) is 0 Å². The summed E-state index contributed by atoms with van der Waals surface area (Å²) >= 11 is 0. The van der Waals surface area contributed by atoms with Gasteiger partial charge in [-0.25, -0.2) is 0 Å². The molecule has 21 heavy (non-hydrogen) atoms. The highest BCUT2D eigenvalue weighted by molar-refractivity contribution is 5.80. The second-order valence-electron chi connectivity index (χ2n) is 8.27. The van der Waals surface area contributed by atoms with E-state index in [-0.39, 0.29) is 23.5 Å². The molecule has 3 aliphatic rings. The average Bonchev–Trinajstić information content (AvgIpc) is 2.58. The number of rotatable bonds is 3. The average molecular weight is 290 g/mol. The lowest BCUT2D eigenvalue weighted by Crippen LogP contribution is -2.53. The smallest absolute Gasteiger partial charge is 0.303 e. The van der Waals surface area contributed by atoms with E-state index in [1.54, 1.807) is 6.92 Å². The quantitative estimate of drug-likeness (QED) is 0.804. The number of hydrogen-bond acceptors (Lipinski definition) is 2. The summed E-state index contributed by atoms with van der Waals surface area (Å²) in [5.74, 6) is -0.363. The molecule has 116 valence electrons. The van der Waals surface area contributed by atoms with Crippen LogP contribution in [0.5, 0.6) is 0 Å². The number of carbonyl (C=O) groups excluding carboxylic acids is 1. The Labute approximate surface area is 126 Å². The third-order valence-corrected chi connectivity index (χ3v) is 6.76. The van der Waals surface area contributed by atoms with Crippen molar-refractivity contribution in [2.24, 2.45) is 28.1 Å². The Morgan fingerprint density at radius 1 is 1.19 bits per heavy atom. The molecule has 0 heterocycles. The number of hydrogen-bond donors (Lipinski definition) is 1. The van der Waals surface area contributed by atoms with Gasteiger partial charge >= 0.3 is 5.97 Å². The van der Waals surface area contributed by atoms with Crippen LogP contribution in [-0.4, -0.2) is 16.9 Å². The van der Waals surface area contributed by atoms with E-state index in [1.165, 1.54) is 0 Å². The Morgan fingerprint density at radius 3 is 2.52 bits per heavy atom. The standard InChI is InChI=1S/C18H26O3/c1-12(19)13-4-7-18-9-8-16(2,11-18)6-5-14(18)17(13,3)10-15(20)21/h8-9,13-14H,4-7,10-11H2,1-3H3,(H,20,21)/t13-,14+,16-,17-,18+/m1/s1. The SMILES string of the molecule is CC(=O)[C@H]1CC[C@@]23C=C[C@@](C)(CC[C@H]2[C@]1(C)CC(=O)O)C3. The highest BCUT2D eigenvalue weighted by atomic mass is 16.4. The summed E-state index contributed by atoms with van der Waals surface area (Å²) in [4.78, 5) is 23.6. The summed E-state index contributed by atoms with van der Waals surface area (Å²) in [5, 5.41) is 9.41. The van der Waals surface area contributed by atoms with Crippen molar-refractivity contribution in [3.8, 4) is 0 Å². The van der Waals surface area contributed by atoms with E-state index in [4.69, 9.17) is 0 Å². The molecule has 0 aromatic carbocycles. The van der Waals surface area contributed by atoms with Gasteiger partial charge in [-0.05, 0) is 61.2 Å². The van der Waals surface area contributed by atoms with Crippen LogP contribution in [0.25, 0.3) is 0 Å². The van der Waals surface area contributed by atoms with Crippen molar-refractivity contribution in [1.29, 1.82) is 0 Å². The molecule has 0 aromatic heterocycles. The van der Waals surface area contributed by atoms with E-state index in [0.717, 1.165) is 32.1 Å². The van der Waals surface area contributed by atoms with E-state index in [2.05, 4.69) is 26.0 Å². The van der Waals surface area contributed by atoms with Gasteiger partial charge in [0.25, 0.3) is 0 Å². The van der Waals surface area contributed by atoms with Crippen molar-refractivity contribution in [3.05, 3.63) is 12.2 Å². The molecule has 2 fully saturated rings. The topological polar surface area (TPSA) is 54.4 Å². The molecule has 2 bridgehead atoms. The molecule has 0 unspecified atom stereocenters. The number of allylic oxidation sites excluding steroid dienone is 2. The molecule has 3 rings (SSSR count). The van der Waals surface area contributed by atoms with E-state index >= 15 is 0 Å². The van der Waals surface area contributed by atoms with Crippen LogP contribution in [-0.2, 0) is 9.59 Å². The molecule has 0 saturated heterocycles. The van der Waals surface area contributed by atoms with Gasteiger partial charge in [0.1, 0.15) is 5.78 Å². The minimum Gasteiger partial charge on any atom is -0.481 e. The van der Waals surface area contributed by atoms with Gasteiger partial charge in [0.15, 0.2) is 0 Å². The molecule has 3 nitrogen and oxygen atoms in total. The van der Waals surface area contributed by atoms with E-state index in [9.17, 15) is 14.7 Å². The molecule has 1 N–H and O–H groups in total. The fraction of sp³-hybridized carbons (Fsp3) is 0.778. The van der Waals surface area contributed by atoms with Crippen LogP contribution in [0.15, 0.2) is 12.2 Å². The van der Waals surface area contributed by atoms with Crippen LogP contribution >= 0.6 is 0 Å². The first kappa shape index (κ1) is 14.8. The number of Topliss-reactive ketones (excluding diaryl/α,β-unsaturated/α-hetero) is 1. The molecule has 0 radical (unpaired) electrons. The highest BCUT2D eigenvalue weighted by Crippen LogP contribution is 2.67. The van der Waals surface area contributed by atoms with Gasteiger partial charge < -0.3 is 5.11 Å². The number of fused-ring (bicyclic) bond motifs is 1. The van der Waals surface area contributed by atoms with Crippen molar-refractivity contribution in [2.45, 2.75) is 59.3 Å². The Kier molecular flexibility index (Phi) is 3.13. The maximum atomic E-state index is 12.1. The second-order valence-corrected chi connectivity index (χ2v) is 8.27. The lowest BCUT2D eigenvalue weighted by atomic mass is 9.45. The van der Waals surface area contributed by atoms with E-state index in [0.29, 0.717) is 11.3 Å². The zero-order valence-corrected chi connectivity index (χ0v) is 13.3. The first-order chi connectivity index (χ1) is 9.71. The summed E-state index contributed by atoms with van der Waals surface area (Å²) < 4.78 is 0. The highest BCUT2D eigenvalue weighted by Gasteiger charge is 2.61. The largest absolute Gasteiger partial charge is 0.481 e. The van der Waals surface area contributed by atoms with Crippen LogP contribution in [0.1, 0.15) is 59.3 Å². The minimum atomic E-state index is -0.767. The molecule has 5 atom stereocenters. The molecule has 0 aromatic rings. The van der Waals surface area contributed by atoms with E-state index < -0.39 is 11.4 Å². The van der Waals surface area contributed by atoms with Gasteiger partial charge in [-0.1, -0.05) is 26.0 Å². The second kappa shape index (κ2) is 4.44. The van der Waals surface area contributed by atoms with Gasteiger partial charge in [-0.3, -0.25) is 9.59 Å². The third-order valence-electron chi connectivity index (χ3n) is 6.76.